The lowest BCUT2D eigenvalue weighted by atomic mass is 10.2. The molecule has 0 radical (unpaired) electrons. The van der Waals surface area contributed by atoms with Gasteiger partial charge in [0, 0.05) is 19.7 Å². The van der Waals surface area contributed by atoms with E-state index in [-0.39, 0.29) is 6.04 Å². The van der Waals surface area contributed by atoms with Gasteiger partial charge in [-0.15, -0.1) is 11.8 Å². The van der Waals surface area contributed by atoms with Crippen molar-refractivity contribution < 1.29 is 0 Å². The minimum absolute atomic E-state index is 0.0568. The van der Waals surface area contributed by atoms with Gasteiger partial charge >= 0.3 is 0 Å². The lowest BCUT2D eigenvalue weighted by Crippen LogP contribution is -2.09. The molecule has 1 rings (SSSR count). The van der Waals surface area contributed by atoms with E-state index >= 15 is 0 Å². The van der Waals surface area contributed by atoms with Gasteiger partial charge in [0.2, 0.25) is 0 Å². The summed E-state index contributed by atoms with van der Waals surface area (Å²) >= 11 is 0. The molecular weight excluding hydrogens is 150 g/mol. The average molecular weight is 163 g/mol. The highest BCUT2D eigenvalue weighted by molar-refractivity contribution is 5.08. The van der Waals surface area contributed by atoms with Crippen molar-refractivity contribution >= 4 is 0 Å². The molecule has 0 aromatic carbocycles. The molecule has 0 saturated carbocycles. The molecule has 3 nitrogen and oxygen atoms in total. The van der Waals surface area contributed by atoms with Crippen molar-refractivity contribution in [2.24, 2.45) is 12.8 Å². The number of hydrogen-bond acceptors (Lipinski definition) is 2. The van der Waals surface area contributed by atoms with Crippen LogP contribution in [0.15, 0.2) is 12.5 Å². The molecule has 0 fully saturated rings. The third-order valence-corrected chi connectivity index (χ3v) is 1.60. The van der Waals surface area contributed by atoms with Gasteiger partial charge in [-0.25, -0.2) is 4.98 Å². The molecule has 0 bridgehead atoms. The number of hydrogen-bond donors (Lipinski definition) is 1. The highest BCUT2D eigenvalue weighted by Crippen LogP contribution is 2.09. The molecule has 0 amide bonds. The zero-order chi connectivity index (χ0) is 8.97. The molecule has 0 aliphatic carbocycles. The molecule has 0 spiro atoms. The SMILES string of the molecule is CC#CCC(N)c1cn(C)cn1. The lowest BCUT2D eigenvalue weighted by molar-refractivity contribution is 0.729. The summed E-state index contributed by atoms with van der Waals surface area (Å²) in [4.78, 5) is 4.14. The van der Waals surface area contributed by atoms with E-state index in [2.05, 4.69) is 16.8 Å². The fraction of sp³-hybridized carbons (Fsp3) is 0.444. The van der Waals surface area contributed by atoms with E-state index in [9.17, 15) is 0 Å². The van der Waals surface area contributed by atoms with Crippen molar-refractivity contribution in [1.29, 1.82) is 0 Å². The van der Waals surface area contributed by atoms with Crippen molar-refractivity contribution in [3.8, 4) is 11.8 Å². The summed E-state index contributed by atoms with van der Waals surface area (Å²) in [7, 11) is 1.93. The lowest BCUT2D eigenvalue weighted by Gasteiger charge is -2.01. The molecular formula is C9H13N3. The first-order valence-corrected chi connectivity index (χ1v) is 3.87. The van der Waals surface area contributed by atoms with Crippen LogP contribution < -0.4 is 5.73 Å². The maximum atomic E-state index is 5.82. The molecule has 1 heterocycles. The largest absolute Gasteiger partial charge is 0.340 e. The first-order valence-electron chi connectivity index (χ1n) is 3.87. The van der Waals surface area contributed by atoms with Gasteiger partial charge < -0.3 is 10.3 Å². The molecule has 64 valence electrons. The predicted octanol–water partition coefficient (Wildman–Crippen LogP) is 0.833. The number of imidazole rings is 1. The number of nitrogens with two attached hydrogens (primary N) is 1. The molecule has 1 aromatic rings. The van der Waals surface area contributed by atoms with Gasteiger partial charge in [-0.05, 0) is 6.92 Å². The van der Waals surface area contributed by atoms with Crippen LogP contribution in [0.25, 0.3) is 0 Å². The van der Waals surface area contributed by atoms with Crippen molar-refractivity contribution in [2.45, 2.75) is 19.4 Å². The van der Waals surface area contributed by atoms with E-state index < -0.39 is 0 Å². The van der Waals surface area contributed by atoms with Crippen LogP contribution >= 0.6 is 0 Å². The number of nitrogens with zero attached hydrogens (tertiary/aromatic N) is 2. The summed E-state index contributed by atoms with van der Waals surface area (Å²) in [5, 5.41) is 0. The Morgan fingerprint density at radius 2 is 2.50 bits per heavy atom. The second-order valence-electron chi connectivity index (χ2n) is 2.70. The van der Waals surface area contributed by atoms with Crippen LogP contribution in [0.5, 0.6) is 0 Å². The van der Waals surface area contributed by atoms with Gasteiger partial charge in [0.05, 0.1) is 18.1 Å². The maximum Gasteiger partial charge on any atom is 0.0947 e. The minimum atomic E-state index is -0.0568. The van der Waals surface area contributed by atoms with Crippen LogP contribution in [-0.4, -0.2) is 9.55 Å². The van der Waals surface area contributed by atoms with E-state index in [4.69, 9.17) is 5.73 Å². The normalized spacial score (nSPS) is 11.9. The Bertz CT molecular complexity index is 303. The van der Waals surface area contributed by atoms with Crippen LogP contribution in [0.1, 0.15) is 25.1 Å². The standard InChI is InChI=1S/C9H13N3/c1-3-4-5-8(10)9-6-12(2)7-11-9/h6-8H,5,10H2,1-2H3. The molecule has 1 unspecified atom stereocenters. The highest BCUT2D eigenvalue weighted by atomic mass is 15.0. The Morgan fingerprint density at radius 3 is 3.00 bits per heavy atom. The molecule has 1 aromatic heterocycles. The second kappa shape index (κ2) is 3.93. The third kappa shape index (κ3) is 2.11. The van der Waals surface area contributed by atoms with E-state index in [0.717, 1.165) is 5.69 Å². The monoisotopic (exact) mass is 163 g/mol. The molecule has 12 heavy (non-hydrogen) atoms. The van der Waals surface area contributed by atoms with Gasteiger partial charge in [0.1, 0.15) is 0 Å². The molecule has 2 N–H and O–H groups in total. The fourth-order valence-electron chi connectivity index (χ4n) is 0.941. The minimum Gasteiger partial charge on any atom is -0.340 e. The Labute approximate surface area is 72.6 Å². The van der Waals surface area contributed by atoms with E-state index in [0.29, 0.717) is 6.42 Å². The molecule has 0 aliphatic heterocycles. The zero-order valence-electron chi connectivity index (χ0n) is 7.41. The molecule has 1 atom stereocenters. The first kappa shape index (κ1) is 8.82. The summed E-state index contributed by atoms with van der Waals surface area (Å²) < 4.78 is 1.88. The van der Waals surface area contributed by atoms with Crippen molar-refractivity contribution in [3.05, 3.63) is 18.2 Å². The Hall–Kier alpha value is -1.27. The first-order chi connectivity index (χ1) is 5.74. The van der Waals surface area contributed by atoms with Crippen LogP contribution in [0.2, 0.25) is 0 Å². The van der Waals surface area contributed by atoms with Gasteiger partial charge in [-0.1, -0.05) is 0 Å². The van der Waals surface area contributed by atoms with Gasteiger partial charge in [-0.3, -0.25) is 0 Å². The van der Waals surface area contributed by atoms with E-state index in [1.54, 1.807) is 6.33 Å². The zero-order valence-corrected chi connectivity index (χ0v) is 7.41. The summed E-state index contributed by atoms with van der Waals surface area (Å²) in [5.41, 5.74) is 6.72. The average Bonchev–Trinajstić information content (AvgIpc) is 2.47. The number of aromatic nitrogens is 2. The van der Waals surface area contributed by atoms with Gasteiger partial charge in [-0.2, -0.15) is 0 Å². The summed E-state index contributed by atoms with van der Waals surface area (Å²) in [5.74, 6) is 5.74. The Kier molecular flexibility index (Phi) is 2.89. The van der Waals surface area contributed by atoms with Crippen LogP contribution in [0, 0.1) is 11.8 Å². The predicted molar refractivity (Wildman–Crippen MR) is 48.2 cm³/mol. The molecule has 0 aliphatic rings. The Balaban J connectivity index is 2.62. The van der Waals surface area contributed by atoms with Crippen LogP contribution in [0.4, 0.5) is 0 Å². The molecule has 3 heteroatoms. The summed E-state index contributed by atoms with van der Waals surface area (Å²) in [6, 6.07) is -0.0568. The van der Waals surface area contributed by atoms with E-state index in [1.807, 2.05) is 24.7 Å². The van der Waals surface area contributed by atoms with Crippen molar-refractivity contribution in [2.75, 3.05) is 0 Å². The van der Waals surface area contributed by atoms with Gasteiger partial charge in [0.15, 0.2) is 0 Å². The van der Waals surface area contributed by atoms with Crippen LogP contribution in [0.3, 0.4) is 0 Å². The number of rotatable bonds is 2. The highest BCUT2D eigenvalue weighted by Gasteiger charge is 2.05. The summed E-state index contributed by atoms with van der Waals surface area (Å²) in [6.07, 6.45) is 4.34. The van der Waals surface area contributed by atoms with E-state index in [1.165, 1.54) is 0 Å². The molecule has 0 saturated heterocycles. The fourth-order valence-corrected chi connectivity index (χ4v) is 0.941. The third-order valence-electron chi connectivity index (χ3n) is 1.60. The van der Waals surface area contributed by atoms with Crippen molar-refractivity contribution in [1.82, 2.24) is 9.55 Å². The van der Waals surface area contributed by atoms with Gasteiger partial charge in [0.25, 0.3) is 0 Å². The second-order valence-corrected chi connectivity index (χ2v) is 2.70. The maximum absolute atomic E-state index is 5.82. The smallest absolute Gasteiger partial charge is 0.0947 e. The number of aryl methyl sites for hydroxylation is 1. The Morgan fingerprint density at radius 1 is 1.75 bits per heavy atom. The van der Waals surface area contributed by atoms with Crippen LogP contribution in [-0.2, 0) is 7.05 Å². The quantitative estimate of drug-likeness (QED) is 0.656. The summed E-state index contributed by atoms with van der Waals surface area (Å²) in [6.45, 7) is 1.81. The topological polar surface area (TPSA) is 43.8 Å². The van der Waals surface area contributed by atoms with Crippen molar-refractivity contribution in [3.63, 3.8) is 0 Å².